The van der Waals surface area contributed by atoms with Crippen LogP contribution in [0.25, 0.3) is 0 Å². The minimum absolute atomic E-state index is 0.00311. The van der Waals surface area contributed by atoms with E-state index in [1.807, 2.05) is 0 Å². The summed E-state index contributed by atoms with van der Waals surface area (Å²) in [6, 6.07) is -3.79. The van der Waals surface area contributed by atoms with Crippen molar-refractivity contribution in [2.45, 2.75) is 48.7 Å². The largest absolute Gasteiger partial charge is 0.394 e. The number of rotatable bonds is 25. The van der Waals surface area contributed by atoms with Crippen molar-refractivity contribution in [2.24, 2.45) is 0 Å². The van der Waals surface area contributed by atoms with Gasteiger partial charge in [-0.25, -0.2) is 0 Å². The topological polar surface area (TPSA) is 470 Å². The van der Waals surface area contributed by atoms with Gasteiger partial charge in [0, 0.05) is 64.6 Å². The number of nitrogens with one attached hydrogen (secondary N) is 5. The molecule has 0 bridgehead atoms. The van der Waals surface area contributed by atoms with Crippen molar-refractivity contribution in [3.05, 3.63) is 65.5 Å². The molecule has 3 unspecified atom stereocenters. The monoisotopic (exact) mass is 2250 g/mol. The Hall–Kier alpha value is -1.02. The third-order valence-corrected chi connectivity index (χ3v) is 22.7. The maximum atomic E-state index is 16.0. The summed E-state index contributed by atoms with van der Waals surface area (Å²) in [4.78, 5) is 131. The fraction of sp³-hybridized carbons (Fsp3) is 0.449. The number of hydrogen-bond acceptors (Lipinski definition) is 21. The molecule has 0 aromatic heterocycles. The predicted molar refractivity (Wildman–Crippen MR) is 388 cm³/mol. The molecule has 3 aromatic rings. The first-order chi connectivity index (χ1) is 41.1. The van der Waals surface area contributed by atoms with Crippen molar-refractivity contribution in [1.29, 1.82) is 0 Å². The van der Waals surface area contributed by atoms with Gasteiger partial charge in [-0.15, -0.1) is 0 Å². The highest BCUT2D eigenvalue weighted by atomic mass is 127. The molecule has 17 N–H and O–H groups in total. The quantitative estimate of drug-likeness (QED) is 0.0422. The number of benzene rings is 3. The average molecular weight is 2250 g/mol. The van der Waals surface area contributed by atoms with Crippen molar-refractivity contribution >= 4 is 274 Å². The lowest BCUT2D eigenvalue weighted by Gasteiger charge is -2.49. The lowest BCUT2D eigenvalue weighted by atomic mass is 9.86. The molecule has 3 aromatic carbocycles. The standard InChI is InChI=1S/C49H56I9N9O21/c1-64(6-15(74)9-68)46(85)25-29(50)23(32(53)38(34(25)55)61-20(77)12-71)44(83)59-4-18-41(80)43(82)42(81)19(5-60-45(84)24-30(51)26(47(86)65(2)7-16(75)10-69)35(56)39(33(24)54)62-21(78)13-72)67(18)49(88)28-31(52)27(48(87)66(3)8-17(76)11-70)36(57)40(37(28)58)63-22(79)14-73/h15-19,41-43,68-76,80-82H,4-14H2,1-3H3,(H,59,83)(H,60,84)(H,61,77)(H,62,78)(H,63,79)/t15?,16?,17?,18-,19-,41-,42+,43+/m1/s1. The van der Waals surface area contributed by atoms with Crippen LogP contribution in [0.15, 0.2) is 0 Å². The van der Waals surface area contributed by atoms with Gasteiger partial charge < -0.3 is 107 Å². The van der Waals surface area contributed by atoms with Gasteiger partial charge in [0.1, 0.15) is 38.1 Å². The Kier molecular flexibility index (Phi) is 32.2. The summed E-state index contributed by atoms with van der Waals surface area (Å²) in [5.41, 5.74) is -2.25. The van der Waals surface area contributed by atoms with Gasteiger partial charge in [0.05, 0.1) is 122 Å². The van der Waals surface area contributed by atoms with E-state index < -0.39 is 180 Å². The molecular formula is C49H56I9N9O21. The third kappa shape index (κ3) is 18.3. The van der Waals surface area contributed by atoms with Crippen molar-refractivity contribution in [2.75, 3.05) is 109 Å². The van der Waals surface area contributed by atoms with Crippen LogP contribution in [0.4, 0.5) is 17.1 Å². The van der Waals surface area contributed by atoms with Crippen LogP contribution in [0.3, 0.4) is 0 Å². The molecule has 0 saturated carbocycles. The van der Waals surface area contributed by atoms with Gasteiger partial charge in [-0.05, 0) is 203 Å². The average Bonchev–Trinajstić information content (AvgIpc) is 1.30. The van der Waals surface area contributed by atoms with E-state index in [2.05, 4.69) is 26.6 Å². The highest BCUT2D eigenvalue weighted by Gasteiger charge is 2.51. The molecule has 1 aliphatic rings. The molecule has 30 nitrogen and oxygen atoms in total. The van der Waals surface area contributed by atoms with E-state index in [0.717, 1.165) is 19.6 Å². The number of hydrogen-bond donors (Lipinski definition) is 17. The summed E-state index contributed by atoms with van der Waals surface area (Å²) in [5, 5.41) is 137. The maximum absolute atomic E-state index is 16.0. The summed E-state index contributed by atoms with van der Waals surface area (Å²) >= 11 is 15.2. The summed E-state index contributed by atoms with van der Waals surface area (Å²) in [6.45, 7) is -8.43. The minimum Gasteiger partial charge on any atom is -0.394 e. The van der Waals surface area contributed by atoms with E-state index in [-0.39, 0.29) is 77.0 Å². The number of nitrogens with zero attached hydrogens (tertiary/aromatic N) is 4. The van der Waals surface area contributed by atoms with Gasteiger partial charge in [0.25, 0.3) is 35.4 Å². The van der Waals surface area contributed by atoms with Crippen LogP contribution in [0, 0.1) is 32.1 Å². The van der Waals surface area contributed by atoms with Gasteiger partial charge >= 0.3 is 0 Å². The van der Waals surface area contributed by atoms with Gasteiger partial charge in [0.15, 0.2) is 0 Å². The van der Waals surface area contributed by atoms with E-state index in [4.69, 9.17) is 0 Å². The van der Waals surface area contributed by atoms with Crippen LogP contribution in [0.5, 0.6) is 0 Å². The van der Waals surface area contributed by atoms with Crippen LogP contribution in [0.1, 0.15) is 62.1 Å². The van der Waals surface area contributed by atoms with Crippen molar-refractivity contribution in [3.8, 4) is 0 Å². The van der Waals surface area contributed by atoms with Crippen LogP contribution in [-0.4, -0.2) is 276 Å². The number of likely N-dealkylation sites (N-methyl/N-ethyl adjacent to an activating group) is 3. The zero-order valence-electron chi connectivity index (χ0n) is 45.6. The van der Waals surface area contributed by atoms with Crippen molar-refractivity contribution < 1.29 is 104 Å². The van der Waals surface area contributed by atoms with E-state index in [1.165, 1.54) is 21.1 Å². The Morgan fingerprint density at radius 3 is 0.920 bits per heavy atom. The fourth-order valence-corrected chi connectivity index (χ4v) is 21.8. The number of amides is 9. The Morgan fingerprint density at radius 2 is 0.659 bits per heavy atom. The highest BCUT2D eigenvalue weighted by molar-refractivity contribution is 14.1. The number of aliphatic hydroxyl groups excluding tert-OH is 12. The van der Waals surface area contributed by atoms with Crippen molar-refractivity contribution in [3.63, 3.8) is 0 Å². The van der Waals surface area contributed by atoms with Crippen molar-refractivity contribution in [1.82, 2.24) is 30.2 Å². The summed E-state index contributed by atoms with van der Waals surface area (Å²) in [6.07, 6.45) is -10.9. The molecule has 1 aliphatic heterocycles. The third-order valence-electron chi connectivity index (χ3n) is 13.0. The lowest BCUT2D eigenvalue weighted by Crippen LogP contribution is -2.71. The lowest BCUT2D eigenvalue weighted by molar-refractivity contribution is -0.149. The maximum Gasteiger partial charge on any atom is 0.256 e. The predicted octanol–water partition coefficient (Wildman–Crippen LogP) is -1.67. The highest BCUT2D eigenvalue weighted by Crippen LogP contribution is 2.41. The van der Waals surface area contributed by atoms with E-state index >= 15 is 4.79 Å². The first kappa shape index (κ1) is 79.4. The number of anilines is 3. The molecular weight excluding hydrogens is 2190 g/mol. The van der Waals surface area contributed by atoms with Gasteiger partial charge in [-0.3, -0.25) is 43.2 Å². The Labute approximate surface area is 623 Å². The molecule has 0 aliphatic carbocycles. The van der Waals surface area contributed by atoms with Gasteiger partial charge in [0.2, 0.25) is 17.7 Å². The zero-order chi connectivity index (χ0) is 66.8. The number of carbonyl (C=O) groups excluding carboxylic acids is 9. The molecule has 1 heterocycles. The molecule has 0 spiro atoms. The summed E-state index contributed by atoms with van der Waals surface area (Å²) < 4.78 is -0.295. The fourth-order valence-electron chi connectivity index (χ4n) is 8.62. The van der Waals surface area contributed by atoms with Crippen LogP contribution in [-0.2, 0) is 14.4 Å². The molecule has 1 saturated heterocycles. The first-order valence-corrected chi connectivity index (χ1v) is 34.8. The number of halogens is 9. The second kappa shape index (κ2) is 35.6. The SMILES string of the molecule is CN(CC(O)CO)C(=O)c1c(I)c(NC(=O)CO)c(I)c(C(=O)NC[C@@H]2[C@H](O)[C@@H](O)[C@H](O)[C@@H](CNC(=O)c3c(I)c(NC(=O)CO)c(I)c(C(=O)N(C)CC(O)CO)c3I)N2C(=O)c2c(I)c(NC(=O)CO)c(I)c(C(=O)N(C)CC(O)CO)c2I)c1I. The zero-order valence-corrected chi connectivity index (χ0v) is 65.0. The molecule has 486 valence electrons. The normalized spacial score (nSPS) is 17.5. The van der Waals surface area contributed by atoms with E-state index in [1.54, 1.807) is 203 Å². The van der Waals surface area contributed by atoms with E-state index in [0.29, 0.717) is 0 Å². The summed E-state index contributed by atoms with van der Waals surface area (Å²) in [5.74, 6) is -8.82. The first-order valence-electron chi connectivity index (χ1n) is 25.1. The molecule has 88 heavy (non-hydrogen) atoms. The number of aliphatic hydroxyl groups is 12. The number of carbonyl (C=O) groups is 9. The number of piperidine rings is 1. The second-order valence-corrected chi connectivity index (χ2v) is 28.8. The van der Waals surface area contributed by atoms with E-state index in [9.17, 15) is 99.6 Å². The molecule has 1 fully saturated rings. The molecule has 4 rings (SSSR count). The van der Waals surface area contributed by atoms with Crippen LogP contribution >= 0.6 is 203 Å². The number of likely N-dealkylation sites (tertiary alicyclic amines) is 1. The van der Waals surface area contributed by atoms with Gasteiger partial charge in [-0.2, -0.15) is 0 Å². The van der Waals surface area contributed by atoms with Crippen LogP contribution < -0.4 is 26.6 Å². The van der Waals surface area contributed by atoms with Crippen LogP contribution in [0.2, 0.25) is 0 Å². The Morgan fingerprint density at radius 1 is 0.409 bits per heavy atom. The Bertz CT molecular complexity index is 3080. The minimum atomic E-state index is -2.23. The Balaban J connectivity index is 2.08. The van der Waals surface area contributed by atoms with Gasteiger partial charge in [-0.1, -0.05) is 0 Å². The summed E-state index contributed by atoms with van der Waals surface area (Å²) in [7, 11) is 3.83. The molecule has 39 heteroatoms. The second-order valence-electron chi connectivity index (χ2n) is 19.1. The molecule has 9 amide bonds. The molecule has 0 radical (unpaired) electrons. The smallest absolute Gasteiger partial charge is 0.256 e. The molecule has 8 atom stereocenters.